The molecule has 3 heterocycles. The lowest BCUT2D eigenvalue weighted by Crippen LogP contribution is -2.55. The number of aliphatic hydroxyl groups is 11. The van der Waals surface area contributed by atoms with Crippen molar-refractivity contribution < 1.29 is 79.9 Å². The SMILES string of the molecule is CC1/C=C/C=C/C=C/C=C/C=C/C=C/C=C/C(OC2OC(C)C(O)CC2O)CC2OC(O)(CC(O)CC(O)C(O)CCC(O)CC(O)CC(=O)OC(C)C(C)C1O)CC(O)C2CO. The predicted octanol–water partition coefficient (Wildman–Crippen LogP) is 1.68. The molecular formula is C47H74O16. The minimum Gasteiger partial charge on any atom is -0.462 e. The molecule has 358 valence electrons. The van der Waals surface area contributed by atoms with E-state index in [0.29, 0.717) is 0 Å². The molecule has 0 aromatic rings. The summed E-state index contributed by atoms with van der Waals surface area (Å²) < 4.78 is 23.4. The zero-order chi connectivity index (χ0) is 46.7. The summed E-state index contributed by atoms with van der Waals surface area (Å²) in [4.78, 5) is 12.6. The molecule has 2 fully saturated rings. The van der Waals surface area contributed by atoms with Crippen LogP contribution in [0.1, 0.15) is 85.5 Å². The number of carbonyl (C=O) groups is 1. The van der Waals surface area contributed by atoms with Crippen LogP contribution in [-0.4, -0.2) is 160 Å². The van der Waals surface area contributed by atoms with E-state index in [-0.39, 0.29) is 44.4 Å². The molecule has 3 rings (SSSR count). The first-order valence-electron chi connectivity index (χ1n) is 22.1. The number of aliphatic hydroxyl groups excluding tert-OH is 10. The number of ether oxygens (including phenoxy) is 4. The van der Waals surface area contributed by atoms with Gasteiger partial charge in [-0.3, -0.25) is 4.79 Å². The van der Waals surface area contributed by atoms with Gasteiger partial charge in [0.1, 0.15) is 12.2 Å². The number of hydrogen-bond donors (Lipinski definition) is 11. The number of esters is 1. The first kappa shape index (κ1) is 54.4. The van der Waals surface area contributed by atoms with Crippen molar-refractivity contribution in [2.75, 3.05) is 6.61 Å². The second kappa shape index (κ2) is 27.5. The summed E-state index contributed by atoms with van der Waals surface area (Å²) in [5, 5.41) is 118. The van der Waals surface area contributed by atoms with Crippen LogP contribution in [0.25, 0.3) is 0 Å². The van der Waals surface area contributed by atoms with E-state index in [1.54, 1.807) is 51.2 Å². The Bertz CT molecular complexity index is 1540. The van der Waals surface area contributed by atoms with Gasteiger partial charge in [0.05, 0.1) is 80.2 Å². The number of cyclic esters (lactones) is 1. The Hall–Kier alpha value is -2.91. The minimum absolute atomic E-state index is 0.00390. The first-order valence-corrected chi connectivity index (χ1v) is 22.1. The molecule has 16 nitrogen and oxygen atoms in total. The fraction of sp³-hybridized carbons (Fsp3) is 0.681. The Morgan fingerprint density at radius 2 is 1.21 bits per heavy atom. The van der Waals surface area contributed by atoms with Gasteiger partial charge in [0.25, 0.3) is 0 Å². The van der Waals surface area contributed by atoms with E-state index in [1.807, 2.05) is 61.6 Å². The molecule has 18 unspecified atom stereocenters. The summed E-state index contributed by atoms with van der Waals surface area (Å²) >= 11 is 0. The van der Waals surface area contributed by atoms with E-state index >= 15 is 0 Å². The van der Waals surface area contributed by atoms with E-state index in [4.69, 9.17) is 18.9 Å². The zero-order valence-corrected chi connectivity index (χ0v) is 36.9. The van der Waals surface area contributed by atoms with Crippen molar-refractivity contribution in [1.82, 2.24) is 0 Å². The van der Waals surface area contributed by atoms with Crippen molar-refractivity contribution in [2.45, 2.75) is 177 Å². The Balaban J connectivity index is 1.82. The van der Waals surface area contributed by atoms with Crippen molar-refractivity contribution in [1.29, 1.82) is 0 Å². The normalized spacial score (nSPS) is 45.4. The quantitative estimate of drug-likeness (QED) is 0.180. The Morgan fingerprint density at radius 1 is 0.619 bits per heavy atom. The molecule has 0 aromatic heterocycles. The van der Waals surface area contributed by atoms with Gasteiger partial charge in [-0.15, -0.1) is 0 Å². The molecule has 3 aliphatic rings. The lowest BCUT2D eigenvalue weighted by atomic mass is 9.83. The molecule has 0 aliphatic carbocycles. The van der Waals surface area contributed by atoms with Gasteiger partial charge in [-0.25, -0.2) is 0 Å². The van der Waals surface area contributed by atoms with E-state index < -0.39 is 135 Å². The smallest absolute Gasteiger partial charge is 0.308 e. The third kappa shape index (κ3) is 19.2. The van der Waals surface area contributed by atoms with E-state index in [9.17, 15) is 61.0 Å². The molecule has 2 bridgehead atoms. The highest BCUT2D eigenvalue weighted by atomic mass is 16.7. The second-order valence-electron chi connectivity index (χ2n) is 17.4. The molecule has 0 radical (unpaired) electrons. The lowest BCUT2D eigenvalue weighted by Gasteiger charge is -2.46. The van der Waals surface area contributed by atoms with Crippen molar-refractivity contribution in [3.05, 3.63) is 85.1 Å². The number of carbonyl (C=O) groups excluding carboxylic acids is 1. The van der Waals surface area contributed by atoms with Crippen LogP contribution in [-0.2, 0) is 23.7 Å². The monoisotopic (exact) mass is 894 g/mol. The van der Waals surface area contributed by atoms with Gasteiger partial charge in [0, 0.05) is 49.9 Å². The summed E-state index contributed by atoms with van der Waals surface area (Å²) in [6, 6.07) is 0. The fourth-order valence-corrected chi connectivity index (χ4v) is 7.84. The summed E-state index contributed by atoms with van der Waals surface area (Å²) in [5.41, 5.74) is 0. The maximum Gasteiger partial charge on any atom is 0.308 e. The lowest BCUT2D eigenvalue weighted by molar-refractivity contribution is -0.311. The third-order valence-corrected chi connectivity index (χ3v) is 11.9. The molecule has 3 aliphatic heterocycles. The van der Waals surface area contributed by atoms with Crippen LogP contribution < -0.4 is 0 Å². The molecular weight excluding hydrogens is 821 g/mol. The molecule has 0 aromatic carbocycles. The van der Waals surface area contributed by atoms with Gasteiger partial charge in [-0.1, -0.05) is 98.9 Å². The highest BCUT2D eigenvalue weighted by molar-refractivity contribution is 5.70. The summed E-state index contributed by atoms with van der Waals surface area (Å²) in [6.07, 6.45) is 7.55. The van der Waals surface area contributed by atoms with Crippen molar-refractivity contribution >= 4 is 5.97 Å². The van der Waals surface area contributed by atoms with Gasteiger partial charge < -0.3 is 75.1 Å². The molecule has 0 amide bonds. The van der Waals surface area contributed by atoms with Crippen molar-refractivity contribution in [3.8, 4) is 0 Å². The molecule has 16 heteroatoms. The van der Waals surface area contributed by atoms with Gasteiger partial charge in [-0.2, -0.15) is 0 Å². The van der Waals surface area contributed by atoms with Gasteiger partial charge in [0.2, 0.25) is 0 Å². The van der Waals surface area contributed by atoms with Crippen LogP contribution in [0.5, 0.6) is 0 Å². The highest BCUT2D eigenvalue weighted by Gasteiger charge is 2.47. The Morgan fingerprint density at radius 3 is 1.81 bits per heavy atom. The van der Waals surface area contributed by atoms with E-state index in [1.165, 1.54) is 0 Å². The number of hydrogen-bond acceptors (Lipinski definition) is 16. The standard InChI is InChI=1S/C47H74O16/c1-29-17-15-13-11-9-7-5-6-8-10-12-14-16-18-36(62-46-41(55)25-39(53)32(4)61-46)24-43-37(28-48)42(56)27-47(59,63-43)26-35(51)22-40(54)38(52)20-19-33(49)21-34(50)23-44(57)60-31(3)30(2)45(29)58/h5-18,29-43,45-46,48-56,58-59H,19-28H2,1-4H3/b6-5+,9-7+,10-8+,13-11+,14-12+,17-15+,18-16+. The molecule has 63 heavy (non-hydrogen) atoms. The topological polar surface area (TPSA) is 277 Å². The van der Waals surface area contributed by atoms with Gasteiger partial charge in [-0.05, 0) is 33.1 Å². The zero-order valence-electron chi connectivity index (χ0n) is 36.9. The number of fused-ring (bicyclic) bond motifs is 2. The fourth-order valence-electron chi connectivity index (χ4n) is 7.84. The summed E-state index contributed by atoms with van der Waals surface area (Å²) in [7, 11) is 0. The third-order valence-electron chi connectivity index (χ3n) is 11.9. The molecule has 18 atom stereocenters. The molecule has 11 N–H and O–H groups in total. The Labute approximate surface area is 371 Å². The number of allylic oxidation sites excluding steroid dienone is 12. The molecule has 2 saturated heterocycles. The van der Waals surface area contributed by atoms with Crippen LogP contribution in [0, 0.1) is 17.8 Å². The average molecular weight is 895 g/mol. The van der Waals surface area contributed by atoms with Crippen LogP contribution in [0.3, 0.4) is 0 Å². The van der Waals surface area contributed by atoms with Crippen molar-refractivity contribution in [3.63, 3.8) is 0 Å². The Kier molecular flexibility index (Phi) is 23.8. The van der Waals surface area contributed by atoms with Crippen LogP contribution >= 0.6 is 0 Å². The summed E-state index contributed by atoms with van der Waals surface area (Å²) in [5.74, 6) is -4.43. The van der Waals surface area contributed by atoms with E-state index in [0.717, 1.165) is 0 Å². The first-order chi connectivity index (χ1) is 29.8. The van der Waals surface area contributed by atoms with E-state index in [2.05, 4.69) is 0 Å². The summed E-state index contributed by atoms with van der Waals surface area (Å²) in [6.45, 7) is 6.38. The highest BCUT2D eigenvalue weighted by Crippen LogP contribution is 2.38. The maximum atomic E-state index is 12.6. The number of rotatable bonds is 3. The molecule has 0 spiro atoms. The minimum atomic E-state index is -2.13. The predicted molar refractivity (Wildman–Crippen MR) is 233 cm³/mol. The average Bonchev–Trinajstić information content (AvgIpc) is 3.20. The van der Waals surface area contributed by atoms with Crippen LogP contribution in [0.4, 0.5) is 0 Å². The maximum absolute atomic E-state index is 12.6. The largest absolute Gasteiger partial charge is 0.462 e. The van der Waals surface area contributed by atoms with Crippen molar-refractivity contribution in [2.24, 2.45) is 17.8 Å². The van der Waals surface area contributed by atoms with Gasteiger partial charge >= 0.3 is 5.97 Å². The van der Waals surface area contributed by atoms with Crippen LogP contribution in [0.2, 0.25) is 0 Å². The second-order valence-corrected chi connectivity index (χ2v) is 17.4. The van der Waals surface area contributed by atoms with Gasteiger partial charge in [0.15, 0.2) is 12.1 Å². The van der Waals surface area contributed by atoms with Crippen LogP contribution in [0.15, 0.2) is 85.1 Å². The molecule has 0 saturated carbocycles.